The van der Waals surface area contributed by atoms with Crippen LogP contribution in [-0.4, -0.2) is 62.3 Å². The molecule has 6 N–H and O–H groups in total. The Morgan fingerprint density at radius 2 is 1.08 bits per heavy atom. The SMILES string of the molecule is Cc1cc(N=Nc2cc(C)c(N=Nc3c(S(=O)(=O)O)cc4cc(Nc5ccccc5)ccc4c3O)cc2C)c(C)cc1N=Nc1ccc(C(=O)Nc2ccc3c(OCCCS(=O)(=O)O)cc(S(=O)(=O)O)cc3c2)cc1. The van der Waals surface area contributed by atoms with Gasteiger partial charge in [-0.25, -0.2) is 0 Å². The number of hydrogen-bond acceptors (Lipinski definition) is 16. The Balaban J connectivity index is 0.927. The van der Waals surface area contributed by atoms with Crippen molar-refractivity contribution >= 4 is 109 Å². The second kappa shape index (κ2) is 21.6. The van der Waals surface area contributed by atoms with E-state index in [-0.39, 0.29) is 24.3 Å². The fourth-order valence-corrected chi connectivity index (χ4v) is 9.37. The van der Waals surface area contributed by atoms with E-state index in [0.717, 1.165) is 22.9 Å². The third-order valence-corrected chi connectivity index (χ3v) is 14.1. The zero-order chi connectivity index (χ0) is 53.8. The molecule has 1 amide bonds. The van der Waals surface area contributed by atoms with Gasteiger partial charge in [-0.2, -0.15) is 50.8 Å². The molecular weight excluding hydrogens is 1020 g/mol. The summed E-state index contributed by atoms with van der Waals surface area (Å²) in [6, 6.07) is 35.8. The number of phenols is 1. The normalized spacial score (nSPS) is 12.4. The fourth-order valence-electron chi connectivity index (χ4n) is 7.70. The first-order valence-corrected chi connectivity index (χ1v) is 27.1. The predicted molar refractivity (Wildman–Crippen MR) is 284 cm³/mol. The summed E-state index contributed by atoms with van der Waals surface area (Å²) in [5.41, 5.74) is 6.83. The number of phenolic OH excluding ortho intramolecular Hbond substituents is 1. The highest BCUT2D eigenvalue weighted by Crippen LogP contribution is 2.43. The van der Waals surface area contributed by atoms with Gasteiger partial charge in [0.1, 0.15) is 16.3 Å². The van der Waals surface area contributed by atoms with E-state index in [0.29, 0.717) is 72.5 Å². The van der Waals surface area contributed by atoms with Gasteiger partial charge in [0, 0.05) is 39.5 Å². The molecule has 0 aliphatic carbocycles. The van der Waals surface area contributed by atoms with Crippen molar-refractivity contribution < 1.29 is 53.5 Å². The third kappa shape index (κ3) is 13.1. The highest BCUT2D eigenvalue weighted by molar-refractivity contribution is 7.86. The number of rotatable bonds is 17. The molecular formula is C52H46N8O12S3. The summed E-state index contributed by atoms with van der Waals surface area (Å²) in [6.07, 6.45) is -0.0842. The second-order valence-electron chi connectivity index (χ2n) is 17.2. The third-order valence-electron chi connectivity index (χ3n) is 11.6. The lowest BCUT2D eigenvalue weighted by Gasteiger charge is -2.13. The quantitative estimate of drug-likeness (QED) is 0.0281. The number of para-hydroxylation sites is 1. The van der Waals surface area contributed by atoms with Crippen LogP contribution < -0.4 is 15.4 Å². The van der Waals surface area contributed by atoms with Crippen molar-refractivity contribution in [1.82, 2.24) is 0 Å². The number of nitrogens with zero attached hydrogens (tertiary/aromatic N) is 6. The van der Waals surface area contributed by atoms with Gasteiger partial charge in [0.25, 0.3) is 36.3 Å². The van der Waals surface area contributed by atoms with Gasteiger partial charge in [0.05, 0.1) is 45.7 Å². The smallest absolute Gasteiger partial charge is 0.296 e. The molecule has 23 heteroatoms. The number of fused-ring (bicyclic) bond motifs is 2. The number of anilines is 3. The summed E-state index contributed by atoms with van der Waals surface area (Å²) in [7, 11) is -13.8. The van der Waals surface area contributed by atoms with Crippen molar-refractivity contribution in [3.63, 3.8) is 0 Å². The van der Waals surface area contributed by atoms with E-state index in [4.69, 9.17) is 9.29 Å². The van der Waals surface area contributed by atoms with Crippen LogP contribution in [0, 0.1) is 27.7 Å². The van der Waals surface area contributed by atoms with Crippen molar-refractivity contribution in [2.45, 2.75) is 43.9 Å². The average Bonchev–Trinajstić information content (AvgIpc) is 3.35. The van der Waals surface area contributed by atoms with Crippen molar-refractivity contribution in [2.75, 3.05) is 23.0 Å². The van der Waals surface area contributed by atoms with Gasteiger partial charge < -0.3 is 20.5 Å². The molecule has 0 aromatic heterocycles. The summed E-state index contributed by atoms with van der Waals surface area (Å²) in [4.78, 5) is 12.1. The maximum atomic E-state index is 13.2. The molecule has 0 atom stereocenters. The first kappa shape index (κ1) is 53.0. The number of carbonyl (C=O) groups excluding carboxylic acids is 1. The monoisotopic (exact) mass is 1070 g/mol. The summed E-state index contributed by atoms with van der Waals surface area (Å²) >= 11 is 0. The van der Waals surface area contributed by atoms with Crippen molar-refractivity contribution in [3.8, 4) is 11.5 Å². The highest BCUT2D eigenvalue weighted by atomic mass is 32.2. The fraction of sp³-hybridized carbons (Fsp3) is 0.135. The molecule has 0 heterocycles. The Kier molecular flexibility index (Phi) is 15.3. The first-order valence-electron chi connectivity index (χ1n) is 22.6. The minimum atomic E-state index is -4.85. The number of nitrogens with one attached hydrogen (secondary N) is 2. The lowest BCUT2D eigenvalue weighted by Crippen LogP contribution is -2.11. The topological polar surface area (TPSA) is 308 Å². The molecule has 0 aliphatic rings. The van der Waals surface area contributed by atoms with Crippen LogP contribution in [0.3, 0.4) is 0 Å². The first-order chi connectivity index (χ1) is 35.5. The summed E-state index contributed by atoms with van der Waals surface area (Å²) < 4.78 is 106. The molecule has 0 unspecified atom stereocenters. The van der Waals surface area contributed by atoms with Crippen LogP contribution in [0.1, 0.15) is 39.0 Å². The van der Waals surface area contributed by atoms with Gasteiger partial charge in [-0.3, -0.25) is 18.5 Å². The molecule has 0 saturated heterocycles. The maximum absolute atomic E-state index is 13.2. The van der Waals surface area contributed by atoms with Gasteiger partial charge in [-0.15, -0.1) is 5.11 Å². The Bertz CT molecular complexity index is 4010. The largest absolute Gasteiger partial charge is 0.505 e. The Labute approximate surface area is 430 Å². The average molecular weight is 1070 g/mol. The lowest BCUT2D eigenvalue weighted by atomic mass is 10.1. The van der Waals surface area contributed by atoms with Crippen molar-refractivity contribution in [1.29, 1.82) is 0 Å². The van der Waals surface area contributed by atoms with Crippen molar-refractivity contribution in [3.05, 3.63) is 161 Å². The molecule has 384 valence electrons. The van der Waals surface area contributed by atoms with Crippen LogP contribution in [-0.2, 0) is 30.4 Å². The number of hydrogen-bond donors (Lipinski definition) is 6. The summed E-state index contributed by atoms with van der Waals surface area (Å²) in [5.74, 6) is -1.50. The van der Waals surface area contributed by atoms with E-state index in [9.17, 15) is 44.3 Å². The molecule has 8 aromatic carbocycles. The number of benzene rings is 8. The Morgan fingerprint density at radius 1 is 0.547 bits per heavy atom. The highest BCUT2D eigenvalue weighted by Gasteiger charge is 2.23. The van der Waals surface area contributed by atoms with Gasteiger partial charge in [0.15, 0.2) is 5.75 Å². The van der Waals surface area contributed by atoms with Crippen LogP contribution in [0.15, 0.2) is 174 Å². The number of carbonyl (C=O) groups is 1. The van der Waals surface area contributed by atoms with Gasteiger partial charge in [0.2, 0.25) is 0 Å². The van der Waals surface area contributed by atoms with E-state index in [2.05, 4.69) is 41.3 Å². The van der Waals surface area contributed by atoms with E-state index in [1.165, 1.54) is 18.2 Å². The Hall–Kier alpha value is -8.32. The van der Waals surface area contributed by atoms with Gasteiger partial charge in [-0.05, 0) is 176 Å². The zero-order valence-electron chi connectivity index (χ0n) is 40.3. The van der Waals surface area contributed by atoms with Crippen molar-refractivity contribution in [2.24, 2.45) is 30.7 Å². The molecule has 0 bridgehead atoms. The molecule has 8 rings (SSSR count). The second-order valence-corrected chi connectivity index (χ2v) is 21.6. The number of ether oxygens (including phenoxy) is 1. The molecule has 0 radical (unpaired) electrons. The molecule has 8 aromatic rings. The maximum Gasteiger partial charge on any atom is 0.296 e. The number of aromatic hydroxyl groups is 1. The predicted octanol–water partition coefficient (Wildman–Crippen LogP) is 13.3. The zero-order valence-corrected chi connectivity index (χ0v) is 42.7. The van der Waals surface area contributed by atoms with E-state index < -0.39 is 63.2 Å². The van der Waals surface area contributed by atoms with Crippen LogP contribution in [0.2, 0.25) is 0 Å². The minimum absolute atomic E-state index is 0.0377. The number of azo groups is 3. The summed E-state index contributed by atoms with van der Waals surface area (Å²) in [5, 5.41) is 44.7. The van der Waals surface area contributed by atoms with Crippen LogP contribution in [0.4, 0.5) is 51.2 Å². The number of aryl methyl sites for hydroxylation is 4. The lowest BCUT2D eigenvalue weighted by molar-refractivity contribution is 0.102. The minimum Gasteiger partial charge on any atom is -0.505 e. The molecule has 0 spiro atoms. The van der Waals surface area contributed by atoms with E-state index >= 15 is 0 Å². The summed E-state index contributed by atoms with van der Waals surface area (Å²) in [6.45, 7) is 7.06. The van der Waals surface area contributed by atoms with Gasteiger partial charge >= 0.3 is 0 Å². The Morgan fingerprint density at radius 3 is 1.65 bits per heavy atom. The van der Waals surface area contributed by atoms with Gasteiger partial charge in [-0.1, -0.05) is 18.2 Å². The molecule has 75 heavy (non-hydrogen) atoms. The number of amides is 1. The van der Waals surface area contributed by atoms with Crippen LogP contribution >= 0.6 is 0 Å². The molecule has 0 saturated carbocycles. The van der Waals surface area contributed by atoms with E-state index in [1.54, 1.807) is 80.6 Å². The molecule has 0 fully saturated rings. The van der Waals surface area contributed by atoms with Crippen LogP contribution in [0.25, 0.3) is 21.5 Å². The van der Waals surface area contributed by atoms with Crippen LogP contribution in [0.5, 0.6) is 11.5 Å². The van der Waals surface area contributed by atoms with E-state index in [1.807, 2.05) is 56.3 Å². The molecule has 20 nitrogen and oxygen atoms in total. The standard InChI is InChI=1S/C52H46N8O12S3/c1-30-22-45(57-58-46-23-33(4)47(24-32(46)3)59-60-50-49(75(69,70)71)28-36-26-39(16-18-43(36)51(50)61)53-37-9-6-5-7-10-37)31(2)21-44(30)56-55-38-13-11-34(12-14-38)52(62)54-40-15-17-42-35(25-40)27-41(74(66,67)68)29-48(42)72-19-8-20-73(63,64)65/h5-7,9-18,21-29,53,61H,8,19-20H2,1-4H3,(H,54,62)(H,63,64,65)(H,66,67,68)(H,69,70,71). The molecule has 0 aliphatic heterocycles.